The zero-order valence-corrected chi connectivity index (χ0v) is 16.3. The summed E-state index contributed by atoms with van der Waals surface area (Å²) in [4.78, 5) is 26.9. The lowest BCUT2D eigenvalue weighted by Crippen LogP contribution is -2.47. The highest BCUT2D eigenvalue weighted by Crippen LogP contribution is 2.56. The monoisotopic (exact) mass is 400 g/mol. The van der Waals surface area contributed by atoms with Crippen LogP contribution in [0.3, 0.4) is 0 Å². The molecule has 5 nitrogen and oxygen atoms in total. The largest absolute Gasteiger partial charge is 0.456 e. The second-order valence-electron chi connectivity index (χ2n) is 7.36. The summed E-state index contributed by atoms with van der Waals surface area (Å²) in [7, 11) is 0. The summed E-state index contributed by atoms with van der Waals surface area (Å²) < 4.78 is 6.02. The molecule has 1 saturated heterocycles. The number of furan rings is 1. The molecule has 1 spiro atoms. The van der Waals surface area contributed by atoms with Gasteiger partial charge in [0.15, 0.2) is 0 Å². The predicted molar refractivity (Wildman–Crippen MR) is 115 cm³/mol. The molecule has 4 aromatic rings. The van der Waals surface area contributed by atoms with E-state index in [4.69, 9.17) is 4.42 Å². The lowest BCUT2D eigenvalue weighted by atomic mass is 10.0. The Hall–Kier alpha value is -3.25. The highest BCUT2D eigenvalue weighted by atomic mass is 32.2. The number of amides is 2. The third-order valence-electron chi connectivity index (χ3n) is 5.70. The highest BCUT2D eigenvalue weighted by molar-refractivity contribution is 8.03. The van der Waals surface area contributed by atoms with E-state index < -0.39 is 4.87 Å². The van der Waals surface area contributed by atoms with Gasteiger partial charge in [0.1, 0.15) is 11.2 Å². The number of hydrogen-bond donors (Lipinski definition) is 1. The number of hydrogen-bond acceptors (Lipinski definition) is 4. The number of fused-ring (bicyclic) bond motifs is 5. The summed E-state index contributed by atoms with van der Waals surface area (Å²) in [5.74, 6) is -0.275. The fourth-order valence-electron chi connectivity index (χ4n) is 4.41. The van der Waals surface area contributed by atoms with Gasteiger partial charge in [0.25, 0.3) is 5.91 Å². The van der Waals surface area contributed by atoms with Crippen LogP contribution in [-0.4, -0.2) is 17.1 Å². The topological polar surface area (TPSA) is 62.6 Å². The molecule has 0 radical (unpaired) electrons. The average Bonchev–Trinajstić information content (AvgIpc) is 3.32. The molecule has 6 heteroatoms. The molecule has 2 unspecified atom stereocenters. The van der Waals surface area contributed by atoms with Gasteiger partial charge in [-0.05, 0) is 31.2 Å². The number of nitrogens with zero attached hydrogens (tertiary/aromatic N) is 1. The van der Waals surface area contributed by atoms with Gasteiger partial charge < -0.3 is 9.73 Å². The zero-order valence-electron chi connectivity index (χ0n) is 15.5. The van der Waals surface area contributed by atoms with E-state index in [9.17, 15) is 9.59 Å². The van der Waals surface area contributed by atoms with Gasteiger partial charge in [0.05, 0.1) is 5.25 Å². The number of nitrogens with one attached hydrogen (secondary N) is 1. The first kappa shape index (κ1) is 16.7. The maximum atomic E-state index is 13.2. The minimum Gasteiger partial charge on any atom is -0.456 e. The van der Waals surface area contributed by atoms with Crippen molar-refractivity contribution in [2.75, 3.05) is 10.2 Å². The number of rotatable bonds is 1. The Morgan fingerprint density at radius 1 is 0.966 bits per heavy atom. The average molecular weight is 400 g/mol. The van der Waals surface area contributed by atoms with Crippen LogP contribution in [0.2, 0.25) is 0 Å². The number of anilines is 2. The van der Waals surface area contributed by atoms with Crippen LogP contribution in [0.1, 0.15) is 12.5 Å². The Kier molecular flexibility index (Phi) is 3.24. The van der Waals surface area contributed by atoms with E-state index in [2.05, 4.69) is 5.32 Å². The Morgan fingerprint density at radius 3 is 2.62 bits per heavy atom. The predicted octanol–water partition coefficient (Wildman–Crippen LogP) is 4.86. The van der Waals surface area contributed by atoms with Crippen molar-refractivity contribution in [1.29, 1.82) is 0 Å². The summed E-state index contributed by atoms with van der Waals surface area (Å²) in [6, 6.07) is 21.1. The van der Waals surface area contributed by atoms with Crippen molar-refractivity contribution in [2.24, 2.45) is 0 Å². The first-order valence-corrected chi connectivity index (χ1v) is 10.3. The Labute approximate surface area is 170 Å². The van der Waals surface area contributed by atoms with Crippen molar-refractivity contribution in [2.45, 2.75) is 17.0 Å². The van der Waals surface area contributed by atoms with Crippen LogP contribution in [-0.2, 0) is 14.5 Å². The van der Waals surface area contributed by atoms with Crippen LogP contribution in [0.15, 0.2) is 71.1 Å². The lowest BCUT2D eigenvalue weighted by Gasteiger charge is -2.32. The number of carbonyl (C=O) groups is 2. The van der Waals surface area contributed by atoms with Crippen LogP contribution < -0.4 is 10.2 Å². The fraction of sp³-hybridized carbons (Fsp3) is 0.130. The molecule has 2 aliphatic rings. The van der Waals surface area contributed by atoms with Crippen LogP contribution in [0, 0.1) is 0 Å². The standard InChI is InChI=1S/C23H16N2O3S/c1-13-21(26)25(23(29-13)17-7-3-4-8-18(17)24-22(23)27)14-10-11-16-15-6-2-5-9-19(15)28-20(16)12-14/h2-13H,1H3,(H,24,27). The molecule has 0 saturated carbocycles. The molecule has 2 atom stereocenters. The summed E-state index contributed by atoms with van der Waals surface area (Å²) in [6.45, 7) is 1.85. The number of carbonyl (C=O) groups excluding carboxylic acids is 2. The normalized spacial score (nSPS) is 23.3. The molecular formula is C23H16N2O3S. The molecule has 3 aromatic carbocycles. The first-order chi connectivity index (χ1) is 14.1. The van der Waals surface area contributed by atoms with E-state index in [0.717, 1.165) is 27.6 Å². The smallest absolute Gasteiger partial charge is 0.266 e. The minimum atomic E-state index is -1.10. The second kappa shape index (κ2) is 5.64. The van der Waals surface area contributed by atoms with Gasteiger partial charge in [0.2, 0.25) is 10.8 Å². The number of para-hydroxylation sites is 2. The van der Waals surface area contributed by atoms with Crippen molar-refractivity contribution < 1.29 is 14.0 Å². The van der Waals surface area contributed by atoms with Gasteiger partial charge in [-0.1, -0.05) is 36.4 Å². The highest BCUT2D eigenvalue weighted by Gasteiger charge is 2.60. The van der Waals surface area contributed by atoms with Crippen LogP contribution >= 0.6 is 11.8 Å². The molecule has 2 aliphatic heterocycles. The summed E-state index contributed by atoms with van der Waals surface area (Å²) in [5.41, 5.74) is 3.72. The van der Waals surface area contributed by atoms with Gasteiger partial charge in [-0.2, -0.15) is 0 Å². The van der Waals surface area contributed by atoms with Gasteiger partial charge in [-0.25, -0.2) is 0 Å². The van der Waals surface area contributed by atoms with Crippen molar-refractivity contribution in [3.8, 4) is 0 Å². The molecule has 1 N–H and O–H groups in total. The van der Waals surface area contributed by atoms with Crippen LogP contribution in [0.5, 0.6) is 0 Å². The molecule has 0 aliphatic carbocycles. The van der Waals surface area contributed by atoms with E-state index >= 15 is 0 Å². The Bertz CT molecular complexity index is 1340. The maximum Gasteiger partial charge on any atom is 0.266 e. The van der Waals surface area contributed by atoms with E-state index in [1.54, 1.807) is 4.90 Å². The number of benzene rings is 3. The molecule has 142 valence electrons. The number of thioether (sulfide) groups is 1. The fourth-order valence-corrected chi connectivity index (χ4v) is 5.90. The summed E-state index contributed by atoms with van der Waals surface area (Å²) >= 11 is 1.38. The summed E-state index contributed by atoms with van der Waals surface area (Å²) in [6.07, 6.45) is 0. The first-order valence-electron chi connectivity index (χ1n) is 9.44. The van der Waals surface area contributed by atoms with E-state index in [-0.39, 0.29) is 17.1 Å². The zero-order chi connectivity index (χ0) is 19.8. The molecule has 0 bridgehead atoms. The van der Waals surface area contributed by atoms with Gasteiger partial charge in [-0.3, -0.25) is 14.5 Å². The molecular weight excluding hydrogens is 384 g/mol. The molecule has 6 rings (SSSR count). The van der Waals surface area contributed by atoms with Crippen LogP contribution in [0.25, 0.3) is 21.9 Å². The Morgan fingerprint density at radius 2 is 1.72 bits per heavy atom. The Balaban J connectivity index is 1.59. The molecule has 1 aromatic heterocycles. The quantitative estimate of drug-likeness (QED) is 0.496. The van der Waals surface area contributed by atoms with E-state index in [1.807, 2.05) is 73.7 Å². The summed E-state index contributed by atoms with van der Waals surface area (Å²) in [5, 5.41) is 4.64. The van der Waals surface area contributed by atoms with Crippen LogP contribution in [0.4, 0.5) is 11.4 Å². The lowest BCUT2D eigenvalue weighted by molar-refractivity contribution is -0.122. The van der Waals surface area contributed by atoms with Crippen molar-refractivity contribution in [1.82, 2.24) is 0 Å². The molecule has 3 heterocycles. The van der Waals surface area contributed by atoms with Gasteiger partial charge in [-0.15, -0.1) is 11.8 Å². The molecule has 1 fully saturated rings. The SMILES string of the molecule is CC1SC2(C(=O)Nc3ccccc32)N(c2ccc3c(c2)oc2ccccc23)C1=O. The molecule has 29 heavy (non-hydrogen) atoms. The van der Waals surface area contributed by atoms with Crippen molar-refractivity contribution >= 4 is 56.9 Å². The second-order valence-corrected chi connectivity index (χ2v) is 8.89. The van der Waals surface area contributed by atoms with Crippen molar-refractivity contribution in [3.05, 3.63) is 72.3 Å². The third-order valence-corrected chi connectivity index (χ3v) is 7.18. The maximum absolute atomic E-state index is 13.2. The molecule has 2 amide bonds. The van der Waals surface area contributed by atoms with E-state index in [0.29, 0.717) is 11.3 Å². The van der Waals surface area contributed by atoms with Crippen molar-refractivity contribution in [3.63, 3.8) is 0 Å². The van der Waals surface area contributed by atoms with Gasteiger partial charge >= 0.3 is 0 Å². The van der Waals surface area contributed by atoms with E-state index in [1.165, 1.54) is 11.8 Å². The third kappa shape index (κ3) is 2.07. The minimum absolute atomic E-state index is 0.0858. The van der Waals surface area contributed by atoms with Gasteiger partial charge in [0, 0.05) is 33.8 Å².